The summed E-state index contributed by atoms with van der Waals surface area (Å²) < 4.78 is 26.1. The van der Waals surface area contributed by atoms with Crippen LogP contribution in [0.15, 0.2) is 16.3 Å². The molecule has 1 aromatic rings. The van der Waals surface area contributed by atoms with Crippen molar-refractivity contribution in [2.75, 3.05) is 13.2 Å². The molecule has 0 radical (unpaired) electrons. The number of sulfonamides is 1. The Morgan fingerprint density at radius 2 is 2.16 bits per heavy atom. The van der Waals surface area contributed by atoms with Gasteiger partial charge in [0.1, 0.15) is 4.88 Å². The summed E-state index contributed by atoms with van der Waals surface area (Å²) in [4.78, 5) is 10.8. The van der Waals surface area contributed by atoms with Crippen LogP contribution in [0.5, 0.6) is 0 Å². The van der Waals surface area contributed by atoms with Crippen molar-refractivity contribution in [3.05, 3.63) is 16.3 Å². The van der Waals surface area contributed by atoms with Gasteiger partial charge in [0.2, 0.25) is 10.0 Å². The Kier molecular flexibility index (Phi) is 4.24. The summed E-state index contributed by atoms with van der Waals surface area (Å²) >= 11 is 0.889. The summed E-state index contributed by atoms with van der Waals surface area (Å²) in [6.45, 7) is -0.198. The first-order valence-corrected chi connectivity index (χ1v) is 8.23. The van der Waals surface area contributed by atoms with Crippen molar-refractivity contribution < 1.29 is 23.4 Å². The SMILES string of the molecule is O=C(O)c1cc(S(=O)(=O)N(CCO)C2CCC2)cs1. The maximum atomic E-state index is 12.4. The first kappa shape index (κ1) is 14.4. The molecule has 1 aromatic heterocycles. The van der Waals surface area contributed by atoms with Gasteiger partial charge in [-0.3, -0.25) is 0 Å². The standard InChI is InChI=1S/C11H15NO5S2/c13-5-4-12(8-2-1-3-8)19(16,17)9-6-10(11(14)15)18-7-9/h6-8,13H,1-5H2,(H,14,15). The molecule has 8 heteroatoms. The highest BCUT2D eigenvalue weighted by Gasteiger charge is 2.35. The molecular formula is C11H15NO5S2. The number of nitrogens with zero attached hydrogens (tertiary/aromatic N) is 1. The molecule has 0 amide bonds. The monoisotopic (exact) mass is 305 g/mol. The van der Waals surface area contributed by atoms with E-state index in [1.165, 1.54) is 15.8 Å². The van der Waals surface area contributed by atoms with E-state index in [9.17, 15) is 13.2 Å². The van der Waals surface area contributed by atoms with E-state index in [1.807, 2.05) is 0 Å². The minimum absolute atomic E-state index is 0.00358. The van der Waals surface area contributed by atoms with Crippen molar-refractivity contribution in [1.82, 2.24) is 4.31 Å². The molecule has 1 saturated carbocycles. The van der Waals surface area contributed by atoms with Gasteiger partial charge in [-0.25, -0.2) is 13.2 Å². The molecule has 19 heavy (non-hydrogen) atoms. The van der Waals surface area contributed by atoms with E-state index < -0.39 is 16.0 Å². The van der Waals surface area contributed by atoms with E-state index in [1.54, 1.807) is 0 Å². The summed E-state index contributed by atoms with van der Waals surface area (Å²) in [5.41, 5.74) is 0. The minimum atomic E-state index is -3.72. The van der Waals surface area contributed by atoms with Gasteiger partial charge in [0, 0.05) is 18.0 Å². The number of hydrogen-bond acceptors (Lipinski definition) is 5. The van der Waals surface area contributed by atoms with Crippen LogP contribution in [-0.4, -0.2) is 48.1 Å². The van der Waals surface area contributed by atoms with Crippen LogP contribution in [0.2, 0.25) is 0 Å². The van der Waals surface area contributed by atoms with Crippen LogP contribution in [-0.2, 0) is 10.0 Å². The van der Waals surface area contributed by atoms with Gasteiger partial charge in [0.05, 0.1) is 11.5 Å². The van der Waals surface area contributed by atoms with Crippen molar-refractivity contribution in [3.63, 3.8) is 0 Å². The van der Waals surface area contributed by atoms with Crippen LogP contribution < -0.4 is 0 Å². The average molecular weight is 305 g/mol. The number of hydrogen-bond donors (Lipinski definition) is 2. The largest absolute Gasteiger partial charge is 0.477 e. The number of rotatable bonds is 6. The highest BCUT2D eigenvalue weighted by molar-refractivity contribution is 7.89. The summed E-state index contributed by atoms with van der Waals surface area (Å²) in [6, 6.07) is 1.09. The molecule has 2 rings (SSSR count). The van der Waals surface area contributed by atoms with Crippen LogP contribution in [0.3, 0.4) is 0 Å². The molecule has 6 nitrogen and oxygen atoms in total. The highest BCUT2D eigenvalue weighted by Crippen LogP contribution is 2.31. The third kappa shape index (κ3) is 2.81. The molecule has 0 aromatic carbocycles. The lowest BCUT2D eigenvalue weighted by Crippen LogP contribution is -2.45. The van der Waals surface area contributed by atoms with Crippen molar-refractivity contribution in [2.24, 2.45) is 0 Å². The van der Waals surface area contributed by atoms with Gasteiger partial charge in [-0.05, 0) is 18.9 Å². The van der Waals surface area contributed by atoms with Gasteiger partial charge in [0.25, 0.3) is 0 Å². The van der Waals surface area contributed by atoms with Gasteiger partial charge in [0.15, 0.2) is 0 Å². The maximum absolute atomic E-state index is 12.4. The minimum Gasteiger partial charge on any atom is -0.477 e. The molecule has 1 aliphatic carbocycles. The molecule has 0 bridgehead atoms. The number of carboxylic acid groups (broad SMARTS) is 1. The van der Waals surface area contributed by atoms with Crippen molar-refractivity contribution in [2.45, 2.75) is 30.2 Å². The van der Waals surface area contributed by atoms with Crippen LogP contribution in [0.1, 0.15) is 28.9 Å². The highest BCUT2D eigenvalue weighted by atomic mass is 32.2. The molecule has 0 atom stereocenters. The second kappa shape index (κ2) is 5.58. The van der Waals surface area contributed by atoms with Crippen LogP contribution in [0.4, 0.5) is 0 Å². The number of aliphatic hydroxyl groups is 1. The van der Waals surface area contributed by atoms with Gasteiger partial charge < -0.3 is 10.2 Å². The Bertz CT molecular complexity index is 561. The molecule has 106 valence electrons. The van der Waals surface area contributed by atoms with E-state index in [2.05, 4.69) is 0 Å². The second-order valence-corrected chi connectivity index (χ2v) is 7.18. The molecule has 0 unspecified atom stereocenters. The Balaban J connectivity index is 2.29. The molecule has 2 N–H and O–H groups in total. The summed E-state index contributed by atoms with van der Waals surface area (Å²) in [5, 5.41) is 19.2. The smallest absolute Gasteiger partial charge is 0.345 e. The summed E-state index contributed by atoms with van der Waals surface area (Å²) in [7, 11) is -3.72. The average Bonchev–Trinajstić information content (AvgIpc) is 2.75. The number of carboxylic acids is 1. The summed E-state index contributed by atoms with van der Waals surface area (Å²) in [5.74, 6) is -1.14. The lowest BCUT2D eigenvalue weighted by molar-refractivity contribution is 0.0702. The first-order valence-electron chi connectivity index (χ1n) is 5.91. The maximum Gasteiger partial charge on any atom is 0.345 e. The van der Waals surface area contributed by atoms with Crippen molar-refractivity contribution in [3.8, 4) is 0 Å². The zero-order valence-electron chi connectivity index (χ0n) is 10.2. The third-order valence-corrected chi connectivity index (χ3v) is 6.19. The molecule has 0 aliphatic heterocycles. The number of thiophene rings is 1. The van der Waals surface area contributed by atoms with Crippen LogP contribution in [0.25, 0.3) is 0 Å². The molecule has 1 fully saturated rings. The number of carbonyl (C=O) groups is 1. The predicted octanol–water partition coefficient (Wildman–Crippen LogP) is 0.982. The van der Waals surface area contributed by atoms with E-state index in [4.69, 9.17) is 10.2 Å². The topological polar surface area (TPSA) is 94.9 Å². The second-order valence-electron chi connectivity index (χ2n) is 4.38. The van der Waals surface area contributed by atoms with Crippen molar-refractivity contribution >= 4 is 27.3 Å². The van der Waals surface area contributed by atoms with Crippen molar-refractivity contribution in [1.29, 1.82) is 0 Å². The van der Waals surface area contributed by atoms with Crippen LogP contribution >= 0.6 is 11.3 Å². The van der Waals surface area contributed by atoms with E-state index in [-0.39, 0.29) is 29.0 Å². The molecule has 0 saturated heterocycles. The third-order valence-electron chi connectivity index (χ3n) is 3.20. The Hall–Kier alpha value is -0.960. The fourth-order valence-corrected chi connectivity index (χ4v) is 4.75. The molecule has 1 heterocycles. The zero-order valence-corrected chi connectivity index (χ0v) is 11.8. The van der Waals surface area contributed by atoms with E-state index in [0.29, 0.717) is 0 Å². The Morgan fingerprint density at radius 3 is 2.58 bits per heavy atom. The summed E-state index contributed by atoms with van der Waals surface area (Å²) in [6.07, 6.45) is 2.55. The quantitative estimate of drug-likeness (QED) is 0.817. The predicted molar refractivity (Wildman–Crippen MR) is 69.9 cm³/mol. The van der Waals surface area contributed by atoms with Crippen LogP contribution in [0, 0.1) is 0 Å². The zero-order chi connectivity index (χ0) is 14.0. The van der Waals surface area contributed by atoms with Gasteiger partial charge in [-0.2, -0.15) is 4.31 Å². The molecule has 1 aliphatic rings. The fourth-order valence-electron chi connectivity index (χ4n) is 1.97. The first-order chi connectivity index (χ1) is 8.96. The van der Waals surface area contributed by atoms with Gasteiger partial charge in [-0.1, -0.05) is 6.42 Å². The van der Waals surface area contributed by atoms with Gasteiger partial charge >= 0.3 is 5.97 Å². The lowest BCUT2D eigenvalue weighted by atomic mass is 9.93. The normalized spacial score (nSPS) is 16.5. The van der Waals surface area contributed by atoms with Gasteiger partial charge in [-0.15, -0.1) is 11.3 Å². The number of aromatic carboxylic acids is 1. The molecule has 0 spiro atoms. The number of aliphatic hydroxyl groups excluding tert-OH is 1. The fraction of sp³-hybridized carbons (Fsp3) is 0.545. The Labute approximate surface area is 115 Å². The van der Waals surface area contributed by atoms with E-state index in [0.717, 1.165) is 30.6 Å². The Morgan fingerprint density at radius 1 is 1.47 bits per heavy atom. The lowest BCUT2D eigenvalue weighted by Gasteiger charge is -2.35. The molecular weight excluding hydrogens is 290 g/mol. The van der Waals surface area contributed by atoms with E-state index >= 15 is 0 Å².